The fraction of sp³-hybridized carbons (Fsp3) is 0.636. The Labute approximate surface area is 89.8 Å². The second-order valence-electron chi connectivity index (χ2n) is 4.40. The molecule has 0 aromatic carbocycles. The zero-order valence-electron chi connectivity index (χ0n) is 9.45. The topological polar surface area (TPSA) is 58.7 Å². The van der Waals surface area contributed by atoms with E-state index < -0.39 is 0 Å². The third-order valence-electron chi connectivity index (χ3n) is 3.42. The predicted octanol–water partition coefficient (Wildman–Crippen LogP) is 0.888. The van der Waals surface area contributed by atoms with Crippen LogP contribution in [0.3, 0.4) is 0 Å². The first-order chi connectivity index (χ1) is 7.00. The van der Waals surface area contributed by atoms with Gasteiger partial charge in [0.2, 0.25) is 5.91 Å². The van der Waals surface area contributed by atoms with E-state index in [0.717, 1.165) is 12.3 Å². The zero-order chi connectivity index (χ0) is 11.2. The molecular weight excluding hydrogens is 190 g/mol. The summed E-state index contributed by atoms with van der Waals surface area (Å²) >= 11 is 0. The number of hydrogen-bond acceptors (Lipinski definition) is 3. The number of rotatable bonds is 1. The van der Waals surface area contributed by atoms with Gasteiger partial charge in [0, 0.05) is 18.7 Å². The fourth-order valence-electron chi connectivity index (χ4n) is 2.32. The molecule has 2 heterocycles. The number of allylic oxidation sites excluding steroid dienone is 1. The first kappa shape index (κ1) is 10.2. The van der Waals surface area contributed by atoms with E-state index in [1.807, 2.05) is 6.92 Å². The van der Waals surface area contributed by atoms with E-state index in [-0.39, 0.29) is 17.9 Å². The van der Waals surface area contributed by atoms with E-state index >= 15 is 0 Å². The van der Waals surface area contributed by atoms with Gasteiger partial charge < -0.3 is 10.6 Å². The van der Waals surface area contributed by atoms with Gasteiger partial charge >= 0.3 is 0 Å². The molecule has 2 rings (SSSR count). The number of hydrogen-bond donors (Lipinski definition) is 1. The first-order valence-corrected chi connectivity index (χ1v) is 5.31. The number of fused-ring (bicyclic) bond motifs is 1. The standard InChI is InChI=1S/C11H17N3O/c1-6-7(2)13-8(3)14-5-9(11(12)15)4-10(6)14/h7,9H,4-5H2,1-3H3,(H2,12,15). The maximum Gasteiger partial charge on any atom is 0.222 e. The Bertz CT molecular complexity index is 370. The molecule has 2 atom stereocenters. The van der Waals surface area contributed by atoms with Crippen LogP contribution in [0.2, 0.25) is 0 Å². The maximum atomic E-state index is 11.2. The summed E-state index contributed by atoms with van der Waals surface area (Å²) in [6, 6.07) is 0.239. The van der Waals surface area contributed by atoms with Crippen molar-refractivity contribution < 1.29 is 4.79 Å². The van der Waals surface area contributed by atoms with Crippen molar-refractivity contribution in [2.45, 2.75) is 33.2 Å². The molecule has 15 heavy (non-hydrogen) atoms. The van der Waals surface area contributed by atoms with Crippen LogP contribution in [0.5, 0.6) is 0 Å². The second kappa shape index (κ2) is 3.36. The molecule has 0 aliphatic carbocycles. The van der Waals surface area contributed by atoms with Crippen molar-refractivity contribution in [2.24, 2.45) is 16.6 Å². The highest BCUT2D eigenvalue weighted by atomic mass is 16.1. The Hall–Kier alpha value is -1.32. The third kappa shape index (κ3) is 1.54. The van der Waals surface area contributed by atoms with Crippen LogP contribution in [0.25, 0.3) is 0 Å². The van der Waals surface area contributed by atoms with Crippen molar-refractivity contribution in [1.29, 1.82) is 0 Å². The summed E-state index contributed by atoms with van der Waals surface area (Å²) in [5.74, 6) is 0.752. The highest BCUT2D eigenvalue weighted by Crippen LogP contribution is 2.33. The van der Waals surface area contributed by atoms with Crippen LogP contribution in [0.1, 0.15) is 27.2 Å². The molecule has 2 unspecified atom stereocenters. The minimum atomic E-state index is -0.204. The minimum Gasteiger partial charge on any atom is -0.369 e. The van der Waals surface area contributed by atoms with Gasteiger partial charge in [-0.1, -0.05) is 0 Å². The Balaban J connectivity index is 2.32. The van der Waals surface area contributed by atoms with Gasteiger partial charge in [0.1, 0.15) is 5.84 Å². The lowest BCUT2D eigenvalue weighted by molar-refractivity contribution is -0.121. The number of amides is 1. The molecular formula is C11H17N3O. The molecule has 0 aromatic rings. The van der Waals surface area contributed by atoms with Crippen molar-refractivity contribution in [3.63, 3.8) is 0 Å². The third-order valence-corrected chi connectivity index (χ3v) is 3.42. The predicted molar refractivity (Wildman–Crippen MR) is 59.3 cm³/mol. The Morgan fingerprint density at radius 1 is 1.53 bits per heavy atom. The van der Waals surface area contributed by atoms with Crippen LogP contribution in [0.4, 0.5) is 0 Å². The minimum absolute atomic E-state index is 0.0506. The molecule has 0 spiro atoms. The molecule has 2 aliphatic heterocycles. The SMILES string of the molecule is CC1=NC(C)C(C)=C2CC(C(N)=O)CN12. The fourth-order valence-corrected chi connectivity index (χ4v) is 2.32. The zero-order valence-corrected chi connectivity index (χ0v) is 9.45. The van der Waals surface area contributed by atoms with Crippen molar-refractivity contribution >= 4 is 11.7 Å². The summed E-state index contributed by atoms with van der Waals surface area (Å²) < 4.78 is 0. The van der Waals surface area contributed by atoms with Gasteiger partial charge in [-0.05, 0) is 26.3 Å². The van der Waals surface area contributed by atoms with Gasteiger partial charge in [-0.25, -0.2) is 0 Å². The number of nitrogens with zero attached hydrogens (tertiary/aromatic N) is 2. The number of primary amides is 1. The summed E-state index contributed by atoms with van der Waals surface area (Å²) in [6.07, 6.45) is 0.776. The Morgan fingerprint density at radius 3 is 2.80 bits per heavy atom. The molecule has 0 radical (unpaired) electrons. The molecule has 2 aliphatic rings. The van der Waals surface area contributed by atoms with Gasteiger partial charge in [0.25, 0.3) is 0 Å². The molecule has 82 valence electrons. The normalized spacial score (nSPS) is 30.3. The summed E-state index contributed by atoms with van der Waals surface area (Å²) in [6.45, 7) is 6.86. The highest BCUT2D eigenvalue weighted by molar-refractivity contribution is 5.86. The van der Waals surface area contributed by atoms with Crippen molar-refractivity contribution in [2.75, 3.05) is 6.54 Å². The molecule has 1 fully saturated rings. The van der Waals surface area contributed by atoms with Crippen molar-refractivity contribution in [1.82, 2.24) is 4.90 Å². The lowest BCUT2D eigenvalue weighted by Crippen LogP contribution is -2.33. The molecule has 1 amide bonds. The number of amidine groups is 1. The van der Waals surface area contributed by atoms with E-state index in [4.69, 9.17) is 5.73 Å². The molecule has 0 bridgehead atoms. The average molecular weight is 207 g/mol. The van der Waals surface area contributed by atoms with Crippen LogP contribution < -0.4 is 5.73 Å². The van der Waals surface area contributed by atoms with Crippen molar-refractivity contribution in [3.8, 4) is 0 Å². The summed E-state index contributed by atoms with van der Waals surface area (Å²) in [5.41, 5.74) is 7.87. The van der Waals surface area contributed by atoms with Gasteiger partial charge in [-0.3, -0.25) is 9.79 Å². The second-order valence-corrected chi connectivity index (χ2v) is 4.40. The monoisotopic (exact) mass is 207 g/mol. The maximum absolute atomic E-state index is 11.2. The van der Waals surface area contributed by atoms with Crippen molar-refractivity contribution in [3.05, 3.63) is 11.3 Å². The summed E-state index contributed by atoms with van der Waals surface area (Å²) in [7, 11) is 0. The lowest BCUT2D eigenvalue weighted by Gasteiger charge is -2.28. The molecule has 0 aromatic heterocycles. The molecule has 2 N–H and O–H groups in total. The average Bonchev–Trinajstić information content (AvgIpc) is 2.59. The molecule has 0 saturated carbocycles. The van der Waals surface area contributed by atoms with E-state index in [0.29, 0.717) is 6.54 Å². The van der Waals surface area contributed by atoms with Crippen LogP contribution in [0.15, 0.2) is 16.3 Å². The van der Waals surface area contributed by atoms with E-state index in [1.165, 1.54) is 11.3 Å². The van der Waals surface area contributed by atoms with E-state index in [1.54, 1.807) is 0 Å². The van der Waals surface area contributed by atoms with Crippen LogP contribution in [-0.2, 0) is 4.79 Å². The number of aliphatic imine (C=N–C) groups is 1. The van der Waals surface area contributed by atoms with E-state index in [9.17, 15) is 4.79 Å². The largest absolute Gasteiger partial charge is 0.369 e. The first-order valence-electron chi connectivity index (χ1n) is 5.31. The quantitative estimate of drug-likeness (QED) is 0.694. The van der Waals surface area contributed by atoms with E-state index in [2.05, 4.69) is 23.7 Å². The smallest absolute Gasteiger partial charge is 0.222 e. The van der Waals surface area contributed by atoms with Gasteiger partial charge in [0.05, 0.1) is 12.0 Å². The molecule has 1 saturated heterocycles. The van der Waals surface area contributed by atoms with Gasteiger partial charge in [-0.2, -0.15) is 0 Å². The highest BCUT2D eigenvalue weighted by Gasteiger charge is 2.35. The molecule has 4 nitrogen and oxygen atoms in total. The van der Waals surface area contributed by atoms with Gasteiger partial charge in [0.15, 0.2) is 0 Å². The Morgan fingerprint density at radius 2 is 2.20 bits per heavy atom. The van der Waals surface area contributed by atoms with Crippen LogP contribution in [0, 0.1) is 5.92 Å². The Kier molecular flexibility index (Phi) is 2.29. The summed E-state index contributed by atoms with van der Waals surface area (Å²) in [4.78, 5) is 17.8. The molecule has 4 heteroatoms. The summed E-state index contributed by atoms with van der Waals surface area (Å²) in [5, 5.41) is 0. The lowest BCUT2D eigenvalue weighted by atomic mass is 10.0. The number of carbonyl (C=O) groups excluding carboxylic acids is 1. The van der Waals surface area contributed by atoms with Gasteiger partial charge in [-0.15, -0.1) is 0 Å². The number of carbonyl (C=O) groups is 1. The number of nitrogens with two attached hydrogens (primary N) is 1. The van der Waals surface area contributed by atoms with Crippen LogP contribution >= 0.6 is 0 Å². The van der Waals surface area contributed by atoms with Crippen LogP contribution in [-0.4, -0.2) is 29.2 Å².